The van der Waals surface area contributed by atoms with E-state index in [-0.39, 0.29) is 0 Å². The number of imidazole rings is 1. The van der Waals surface area contributed by atoms with Gasteiger partial charge in [0.05, 0.1) is 6.04 Å². The zero-order valence-corrected chi connectivity index (χ0v) is 13.7. The van der Waals surface area contributed by atoms with E-state index in [0.717, 1.165) is 30.8 Å². The van der Waals surface area contributed by atoms with Crippen LogP contribution in [0.1, 0.15) is 70.7 Å². The molecule has 21 heavy (non-hydrogen) atoms. The molecule has 1 N–H and O–H groups in total. The van der Waals surface area contributed by atoms with Crippen LogP contribution in [-0.4, -0.2) is 16.1 Å². The summed E-state index contributed by atoms with van der Waals surface area (Å²) < 4.78 is 2.36. The third-order valence-corrected chi connectivity index (χ3v) is 5.59. The summed E-state index contributed by atoms with van der Waals surface area (Å²) in [5.74, 6) is 4.26. The molecule has 1 aromatic rings. The summed E-state index contributed by atoms with van der Waals surface area (Å²) in [7, 11) is 0. The molecule has 1 aromatic heterocycles. The lowest BCUT2D eigenvalue weighted by Gasteiger charge is -2.27. The van der Waals surface area contributed by atoms with Gasteiger partial charge in [0.2, 0.25) is 0 Å². The summed E-state index contributed by atoms with van der Waals surface area (Å²) >= 11 is 0. The van der Waals surface area contributed by atoms with Crippen molar-refractivity contribution >= 4 is 0 Å². The average Bonchev–Trinajstić information content (AvgIpc) is 3.20. The Labute approximate surface area is 129 Å². The lowest BCUT2D eigenvalue weighted by molar-refractivity contribution is 0.272. The van der Waals surface area contributed by atoms with Gasteiger partial charge in [-0.1, -0.05) is 20.3 Å². The molecule has 3 nitrogen and oxygen atoms in total. The number of hydrogen-bond donors (Lipinski definition) is 1. The van der Waals surface area contributed by atoms with Gasteiger partial charge in [0.1, 0.15) is 5.82 Å². The van der Waals surface area contributed by atoms with Crippen LogP contribution >= 0.6 is 0 Å². The van der Waals surface area contributed by atoms with E-state index in [4.69, 9.17) is 4.98 Å². The van der Waals surface area contributed by atoms with E-state index in [9.17, 15) is 0 Å². The molecule has 2 aliphatic carbocycles. The first-order chi connectivity index (χ1) is 10.3. The summed E-state index contributed by atoms with van der Waals surface area (Å²) in [6.45, 7) is 6.69. The molecule has 0 saturated heterocycles. The lowest BCUT2D eigenvalue weighted by Crippen LogP contribution is -2.28. The Morgan fingerprint density at radius 2 is 2.19 bits per heavy atom. The summed E-state index contributed by atoms with van der Waals surface area (Å²) in [6, 6.07) is 0.454. The second-order valence-corrected chi connectivity index (χ2v) is 7.16. The quantitative estimate of drug-likeness (QED) is 0.778. The molecule has 0 radical (unpaired) electrons. The maximum atomic E-state index is 4.69. The zero-order valence-electron chi connectivity index (χ0n) is 13.7. The fourth-order valence-corrected chi connectivity index (χ4v) is 4.63. The van der Waals surface area contributed by atoms with Crippen LogP contribution in [0.15, 0.2) is 12.4 Å². The van der Waals surface area contributed by atoms with Crippen molar-refractivity contribution < 1.29 is 0 Å². The third kappa shape index (κ3) is 3.33. The molecule has 0 spiro atoms. The van der Waals surface area contributed by atoms with Gasteiger partial charge in [-0.15, -0.1) is 0 Å². The SMILES string of the molecule is CCCNC(CC1CC2CCC1C2)c1nccn1CCC. The van der Waals surface area contributed by atoms with Crippen LogP contribution in [0.25, 0.3) is 0 Å². The highest BCUT2D eigenvalue weighted by Gasteiger charge is 2.40. The van der Waals surface area contributed by atoms with Crippen molar-refractivity contribution in [1.82, 2.24) is 14.9 Å². The molecule has 2 bridgehead atoms. The number of aryl methyl sites for hydroxylation is 1. The topological polar surface area (TPSA) is 29.9 Å². The van der Waals surface area contributed by atoms with Gasteiger partial charge in [-0.05, 0) is 62.8 Å². The van der Waals surface area contributed by atoms with E-state index >= 15 is 0 Å². The molecule has 2 fully saturated rings. The summed E-state index contributed by atoms with van der Waals surface area (Å²) in [4.78, 5) is 4.69. The maximum absolute atomic E-state index is 4.69. The summed E-state index contributed by atoms with van der Waals surface area (Å²) in [5.41, 5.74) is 0. The van der Waals surface area contributed by atoms with Crippen LogP contribution < -0.4 is 5.32 Å². The largest absolute Gasteiger partial charge is 0.334 e. The van der Waals surface area contributed by atoms with E-state index in [1.807, 2.05) is 6.20 Å². The molecule has 3 heteroatoms. The van der Waals surface area contributed by atoms with E-state index in [0.29, 0.717) is 6.04 Å². The van der Waals surface area contributed by atoms with E-state index < -0.39 is 0 Å². The van der Waals surface area contributed by atoms with Crippen molar-refractivity contribution in [3.63, 3.8) is 0 Å². The fraction of sp³-hybridized carbons (Fsp3) is 0.833. The van der Waals surface area contributed by atoms with Crippen LogP contribution in [0.2, 0.25) is 0 Å². The number of hydrogen-bond acceptors (Lipinski definition) is 2. The summed E-state index contributed by atoms with van der Waals surface area (Å²) in [6.07, 6.45) is 13.8. The Hall–Kier alpha value is -0.830. The second-order valence-electron chi connectivity index (χ2n) is 7.16. The number of rotatable bonds is 8. The Kier molecular flexibility index (Phi) is 4.99. The standard InChI is InChI=1S/C18H31N3/c1-3-7-19-17(18-20-8-10-21(18)9-4-2)13-16-12-14-5-6-15(16)11-14/h8,10,14-17,19H,3-7,9,11-13H2,1-2H3. The van der Waals surface area contributed by atoms with E-state index in [1.54, 1.807) is 0 Å². The highest BCUT2D eigenvalue weighted by atomic mass is 15.1. The Bertz CT molecular complexity index is 439. The van der Waals surface area contributed by atoms with Gasteiger partial charge in [-0.3, -0.25) is 0 Å². The predicted molar refractivity (Wildman–Crippen MR) is 87.1 cm³/mol. The normalized spacial score (nSPS) is 29.1. The van der Waals surface area contributed by atoms with Crippen LogP contribution in [0, 0.1) is 17.8 Å². The number of nitrogens with zero attached hydrogens (tertiary/aromatic N) is 2. The first-order valence-corrected chi connectivity index (χ1v) is 9.06. The van der Waals surface area contributed by atoms with Gasteiger partial charge in [0, 0.05) is 18.9 Å². The third-order valence-electron chi connectivity index (χ3n) is 5.59. The summed E-state index contributed by atoms with van der Waals surface area (Å²) in [5, 5.41) is 3.77. The van der Waals surface area contributed by atoms with Crippen LogP contribution in [0.3, 0.4) is 0 Å². The van der Waals surface area contributed by atoms with Gasteiger partial charge in [0.15, 0.2) is 0 Å². The molecule has 3 rings (SSSR count). The van der Waals surface area contributed by atoms with E-state index in [2.05, 4.69) is 29.9 Å². The van der Waals surface area contributed by atoms with Crippen molar-refractivity contribution in [2.24, 2.45) is 17.8 Å². The maximum Gasteiger partial charge on any atom is 0.125 e. The number of aromatic nitrogens is 2. The molecule has 0 aromatic carbocycles. The first kappa shape index (κ1) is 15.1. The van der Waals surface area contributed by atoms with Crippen molar-refractivity contribution in [2.45, 2.75) is 71.4 Å². The van der Waals surface area contributed by atoms with Crippen LogP contribution in [0.4, 0.5) is 0 Å². The average molecular weight is 289 g/mol. The molecule has 0 aliphatic heterocycles. The Morgan fingerprint density at radius 1 is 1.29 bits per heavy atom. The van der Waals surface area contributed by atoms with Crippen molar-refractivity contribution in [1.29, 1.82) is 0 Å². The second kappa shape index (κ2) is 6.95. The smallest absolute Gasteiger partial charge is 0.125 e. The minimum absolute atomic E-state index is 0.454. The minimum Gasteiger partial charge on any atom is -0.334 e. The van der Waals surface area contributed by atoms with Gasteiger partial charge in [-0.2, -0.15) is 0 Å². The minimum atomic E-state index is 0.454. The highest BCUT2D eigenvalue weighted by molar-refractivity contribution is 5.02. The molecule has 2 saturated carbocycles. The predicted octanol–water partition coefficient (Wildman–Crippen LogP) is 4.16. The highest BCUT2D eigenvalue weighted by Crippen LogP contribution is 2.50. The van der Waals surface area contributed by atoms with Gasteiger partial charge in [-0.25, -0.2) is 4.98 Å². The zero-order chi connectivity index (χ0) is 14.7. The lowest BCUT2D eigenvalue weighted by atomic mass is 9.84. The molecular formula is C18H31N3. The molecule has 0 amide bonds. The molecule has 118 valence electrons. The molecular weight excluding hydrogens is 258 g/mol. The molecule has 4 unspecified atom stereocenters. The fourth-order valence-electron chi connectivity index (χ4n) is 4.63. The van der Waals surface area contributed by atoms with Crippen molar-refractivity contribution in [3.05, 3.63) is 18.2 Å². The first-order valence-electron chi connectivity index (χ1n) is 9.06. The van der Waals surface area contributed by atoms with Gasteiger partial charge >= 0.3 is 0 Å². The molecule has 2 aliphatic rings. The number of nitrogens with one attached hydrogen (secondary N) is 1. The van der Waals surface area contributed by atoms with Crippen molar-refractivity contribution in [2.75, 3.05) is 6.54 Å². The van der Waals surface area contributed by atoms with Gasteiger partial charge < -0.3 is 9.88 Å². The molecule has 1 heterocycles. The molecule has 4 atom stereocenters. The number of fused-ring (bicyclic) bond motifs is 2. The van der Waals surface area contributed by atoms with Crippen LogP contribution in [0.5, 0.6) is 0 Å². The van der Waals surface area contributed by atoms with E-state index in [1.165, 1.54) is 50.8 Å². The van der Waals surface area contributed by atoms with Crippen molar-refractivity contribution in [3.8, 4) is 0 Å². The monoisotopic (exact) mass is 289 g/mol. The Morgan fingerprint density at radius 3 is 2.86 bits per heavy atom. The Balaban J connectivity index is 1.69. The van der Waals surface area contributed by atoms with Crippen LogP contribution in [-0.2, 0) is 6.54 Å². The van der Waals surface area contributed by atoms with Gasteiger partial charge in [0.25, 0.3) is 0 Å².